The first-order valence-corrected chi connectivity index (χ1v) is 4.73. The second-order valence-electron chi connectivity index (χ2n) is 3.04. The number of hydrogen-bond donors (Lipinski definition) is 2. The summed E-state index contributed by atoms with van der Waals surface area (Å²) in [6.45, 7) is 0.406. The zero-order valence-electron chi connectivity index (χ0n) is 8.35. The van der Waals surface area contributed by atoms with Crippen molar-refractivity contribution >= 4 is 11.7 Å². The SMILES string of the molecule is Nc1ccc(C(=O)OCCCCO)nc1. The lowest BCUT2D eigenvalue weighted by molar-refractivity contribution is 0.0486. The molecule has 0 saturated heterocycles. The van der Waals surface area contributed by atoms with E-state index in [1.54, 1.807) is 6.07 Å². The van der Waals surface area contributed by atoms with Crippen LogP contribution in [0.2, 0.25) is 0 Å². The van der Waals surface area contributed by atoms with Crippen molar-refractivity contribution in [2.45, 2.75) is 12.8 Å². The Morgan fingerprint density at radius 3 is 2.87 bits per heavy atom. The van der Waals surface area contributed by atoms with E-state index in [2.05, 4.69) is 4.98 Å². The molecule has 0 amide bonds. The van der Waals surface area contributed by atoms with E-state index >= 15 is 0 Å². The summed E-state index contributed by atoms with van der Waals surface area (Å²) in [5.41, 5.74) is 6.17. The first kappa shape index (κ1) is 11.5. The average molecular weight is 210 g/mol. The van der Waals surface area contributed by atoms with E-state index in [9.17, 15) is 4.79 Å². The first-order valence-electron chi connectivity index (χ1n) is 4.73. The third kappa shape index (κ3) is 3.95. The molecule has 5 nitrogen and oxygen atoms in total. The molecule has 0 bridgehead atoms. The molecule has 0 aliphatic heterocycles. The van der Waals surface area contributed by atoms with Crippen molar-refractivity contribution < 1.29 is 14.6 Å². The van der Waals surface area contributed by atoms with E-state index in [1.807, 2.05) is 0 Å². The predicted molar refractivity (Wildman–Crippen MR) is 55.3 cm³/mol. The fourth-order valence-electron chi connectivity index (χ4n) is 0.979. The van der Waals surface area contributed by atoms with E-state index in [0.29, 0.717) is 25.1 Å². The number of nitrogen functional groups attached to an aromatic ring is 1. The lowest BCUT2D eigenvalue weighted by Crippen LogP contribution is -2.08. The van der Waals surface area contributed by atoms with Crippen LogP contribution < -0.4 is 5.73 Å². The van der Waals surface area contributed by atoms with Crippen molar-refractivity contribution in [1.82, 2.24) is 4.98 Å². The summed E-state index contributed by atoms with van der Waals surface area (Å²) in [4.78, 5) is 15.2. The molecule has 0 aliphatic carbocycles. The number of esters is 1. The summed E-state index contributed by atoms with van der Waals surface area (Å²) in [5.74, 6) is -0.465. The summed E-state index contributed by atoms with van der Waals surface area (Å²) in [5, 5.41) is 8.51. The second kappa shape index (κ2) is 5.98. The highest BCUT2D eigenvalue weighted by molar-refractivity contribution is 5.87. The Morgan fingerprint density at radius 2 is 2.27 bits per heavy atom. The summed E-state index contributed by atoms with van der Waals surface area (Å²) in [6.07, 6.45) is 2.68. The highest BCUT2D eigenvalue weighted by Crippen LogP contribution is 2.03. The molecular formula is C10H14N2O3. The van der Waals surface area contributed by atoms with Gasteiger partial charge in [0.15, 0.2) is 0 Å². The van der Waals surface area contributed by atoms with E-state index in [-0.39, 0.29) is 12.3 Å². The summed E-state index contributed by atoms with van der Waals surface area (Å²) < 4.78 is 4.92. The van der Waals surface area contributed by atoms with E-state index in [0.717, 1.165) is 0 Å². The lowest BCUT2D eigenvalue weighted by Gasteiger charge is -2.03. The zero-order chi connectivity index (χ0) is 11.1. The number of pyridine rings is 1. The summed E-state index contributed by atoms with van der Waals surface area (Å²) in [7, 11) is 0. The molecule has 0 spiro atoms. The van der Waals surface area contributed by atoms with Crippen molar-refractivity contribution in [1.29, 1.82) is 0 Å². The average Bonchev–Trinajstić information content (AvgIpc) is 2.25. The minimum Gasteiger partial charge on any atom is -0.461 e. The van der Waals surface area contributed by atoms with Crippen molar-refractivity contribution in [3.05, 3.63) is 24.0 Å². The molecule has 0 fully saturated rings. The van der Waals surface area contributed by atoms with Crippen LogP contribution in [-0.2, 0) is 4.74 Å². The minimum absolute atomic E-state index is 0.109. The van der Waals surface area contributed by atoms with Crippen molar-refractivity contribution in [3.63, 3.8) is 0 Å². The second-order valence-corrected chi connectivity index (χ2v) is 3.04. The lowest BCUT2D eigenvalue weighted by atomic mass is 10.3. The highest BCUT2D eigenvalue weighted by atomic mass is 16.5. The molecule has 1 rings (SSSR count). The standard InChI is InChI=1S/C10H14N2O3/c11-8-3-4-9(12-7-8)10(14)15-6-2-1-5-13/h3-4,7,13H,1-2,5-6,11H2. The van der Waals surface area contributed by atoms with Gasteiger partial charge < -0.3 is 15.6 Å². The Kier molecular flexibility index (Phi) is 4.56. The number of anilines is 1. The fraction of sp³-hybridized carbons (Fsp3) is 0.400. The number of aliphatic hydroxyl groups is 1. The fourth-order valence-corrected chi connectivity index (χ4v) is 0.979. The monoisotopic (exact) mass is 210 g/mol. The minimum atomic E-state index is -0.465. The molecule has 0 aliphatic rings. The number of unbranched alkanes of at least 4 members (excludes halogenated alkanes) is 1. The molecule has 1 aromatic rings. The van der Waals surface area contributed by atoms with Gasteiger partial charge in [0, 0.05) is 6.61 Å². The topological polar surface area (TPSA) is 85.4 Å². The Hall–Kier alpha value is -1.62. The molecule has 15 heavy (non-hydrogen) atoms. The van der Waals surface area contributed by atoms with Gasteiger partial charge >= 0.3 is 5.97 Å². The Labute approximate surface area is 87.9 Å². The van der Waals surface area contributed by atoms with Gasteiger partial charge in [0.2, 0.25) is 0 Å². The van der Waals surface area contributed by atoms with Crippen LogP contribution in [0.15, 0.2) is 18.3 Å². The molecule has 0 atom stereocenters. The zero-order valence-corrected chi connectivity index (χ0v) is 8.35. The number of nitrogens with zero attached hydrogens (tertiary/aromatic N) is 1. The van der Waals surface area contributed by atoms with Gasteiger partial charge in [0.05, 0.1) is 18.5 Å². The smallest absolute Gasteiger partial charge is 0.356 e. The molecule has 0 saturated carbocycles. The Balaban J connectivity index is 2.37. The number of rotatable bonds is 5. The summed E-state index contributed by atoms with van der Waals surface area (Å²) >= 11 is 0. The molecule has 3 N–H and O–H groups in total. The van der Waals surface area contributed by atoms with Crippen molar-refractivity contribution in [3.8, 4) is 0 Å². The van der Waals surface area contributed by atoms with E-state index in [4.69, 9.17) is 15.6 Å². The number of aliphatic hydroxyl groups excluding tert-OH is 1. The number of ether oxygens (including phenoxy) is 1. The third-order valence-corrected chi connectivity index (χ3v) is 1.78. The first-order chi connectivity index (χ1) is 7.24. The molecule has 5 heteroatoms. The van der Waals surface area contributed by atoms with Gasteiger partial charge in [0.25, 0.3) is 0 Å². The van der Waals surface area contributed by atoms with Gasteiger partial charge in [-0.2, -0.15) is 0 Å². The third-order valence-electron chi connectivity index (χ3n) is 1.78. The van der Waals surface area contributed by atoms with E-state index < -0.39 is 5.97 Å². The van der Waals surface area contributed by atoms with E-state index in [1.165, 1.54) is 12.3 Å². The van der Waals surface area contributed by atoms with Crippen LogP contribution in [0.1, 0.15) is 23.3 Å². The molecule has 1 heterocycles. The predicted octanol–water partition coefficient (Wildman–Crippen LogP) is 0.593. The van der Waals surface area contributed by atoms with Crippen LogP contribution in [0, 0.1) is 0 Å². The van der Waals surface area contributed by atoms with Gasteiger partial charge in [-0.25, -0.2) is 9.78 Å². The van der Waals surface area contributed by atoms with Gasteiger partial charge in [0.1, 0.15) is 5.69 Å². The van der Waals surface area contributed by atoms with Gasteiger partial charge in [-0.15, -0.1) is 0 Å². The number of aromatic nitrogens is 1. The van der Waals surface area contributed by atoms with Crippen LogP contribution in [-0.4, -0.2) is 29.3 Å². The number of hydrogen-bond acceptors (Lipinski definition) is 5. The van der Waals surface area contributed by atoms with Crippen LogP contribution in [0.25, 0.3) is 0 Å². The number of nitrogens with two attached hydrogens (primary N) is 1. The highest BCUT2D eigenvalue weighted by Gasteiger charge is 2.07. The quantitative estimate of drug-likeness (QED) is 0.549. The van der Waals surface area contributed by atoms with Gasteiger partial charge in [-0.05, 0) is 25.0 Å². The van der Waals surface area contributed by atoms with Crippen molar-refractivity contribution in [2.75, 3.05) is 18.9 Å². The molecule has 0 aromatic carbocycles. The molecule has 0 unspecified atom stereocenters. The maximum Gasteiger partial charge on any atom is 0.356 e. The molecule has 82 valence electrons. The van der Waals surface area contributed by atoms with Crippen LogP contribution in [0.5, 0.6) is 0 Å². The maximum atomic E-state index is 11.3. The van der Waals surface area contributed by atoms with Crippen LogP contribution in [0.4, 0.5) is 5.69 Å². The Morgan fingerprint density at radius 1 is 1.47 bits per heavy atom. The van der Waals surface area contributed by atoms with Crippen molar-refractivity contribution in [2.24, 2.45) is 0 Å². The largest absolute Gasteiger partial charge is 0.461 e. The molecular weight excluding hydrogens is 196 g/mol. The number of carbonyl (C=O) groups excluding carboxylic acids is 1. The Bertz CT molecular complexity index is 311. The van der Waals surface area contributed by atoms with Crippen LogP contribution >= 0.6 is 0 Å². The normalized spacial score (nSPS) is 9.93. The molecule has 1 aromatic heterocycles. The summed E-state index contributed by atoms with van der Waals surface area (Å²) in [6, 6.07) is 3.11. The maximum absolute atomic E-state index is 11.3. The molecule has 0 radical (unpaired) electrons. The van der Waals surface area contributed by atoms with Gasteiger partial charge in [-0.3, -0.25) is 0 Å². The van der Waals surface area contributed by atoms with Gasteiger partial charge in [-0.1, -0.05) is 0 Å². The van der Waals surface area contributed by atoms with Crippen LogP contribution in [0.3, 0.4) is 0 Å². The number of carbonyl (C=O) groups is 1.